The zero-order chi connectivity index (χ0) is 12.3. The Bertz CT molecular complexity index is 419. The second-order valence-corrected chi connectivity index (χ2v) is 4.48. The molecule has 1 heterocycles. The lowest BCUT2D eigenvalue weighted by atomic mass is 10.0. The lowest BCUT2D eigenvalue weighted by Crippen LogP contribution is -2.43. The molecule has 1 aliphatic rings. The number of nitrogens with one attached hydrogen (secondary N) is 2. The average molecular weight is 273 g/mol. The fourth-order valence-corrected chi connectivity index (χ4v) is 2.02. The summed E-state index contributed by atoms with van der Waals surface area (Å²) in [5.41, 5.74) is 1.10. The molecular weight excluding hydrogens is 255 g/mol. The minimum absolute atomic E-state index is 0. The van der Waals surface area contributed by atoms with Crippen LogP contribution >= 0.6 is 12.4 Å². The van der Waals surface area contributed by atoms with Crippen molar-refractivity contribution in [1.29, 1.82) is 0 Å². The van der Waals surface area contributed by atoms with Crippen molar-refractivity contribution in [3.8, 4) is 0 Å². The molecule has 1 aromatic rings. The van der Waals surface area contributed by atoms with Crippen LogP contribution in [0.3, 0.4) is 0 Å². The summed E-state index contributed by atoms with van der Waals surface area (Å²) in [7, 11) is 0. The number of amides is 1. The average Bonchev–Trinajstić information content (AvgIpc) is 2.34. The predicted octanol–water partition coefficient (Wildman–Crippen LogP) is 2.64. The Kier molecular flexibility index (Phi) is 5.56. The molecule has 0 radical (unpaired) electrons. The third-order valence-corrected chi connectivity index (χ3v) is 3.01. The molecule has 0 spiro atoms. The molecule has 1 atom stereocenters. The van der Waals surface area contributed by atoms with Crippen molar-refractivity contribution in [3.63, 3.8) is 0 Å². The standard InChI is InChI=1S/C13H17FN2O.ClH/c1-9-5-6-11(10(14)8-9)16-13(17)12-4-2-3-7-15-12;/h5-6,8,12,15H,2-4,7H2,1H3,(H,16,17);1H/t12-;/m0./s1. The van der Waals surface area contributed by atoms with E-state index >= 15 is 0 Å². The highest BCUT2D eigenvalue weighted by Crippen LogP contribution is 2.16. The number of rotatable bonds is 2. The molecule has 0 bridgehead atoms. The smallest absolute Gasteiger partial charge is 0.241 e. The van der Waals surface area contributed by atoms with E-state index < -0.39 is 0 Å². The van der Waals surface area contributed by atoms with Gasteiger partial charge in [0.05, 0.1) is 11.7 Å². The minimum atomic E-state index is -0.380. The molecule has 1 aliphatic heterocycles. The van der Waals surface area contributed by atoms with Crippen LogP contribution in [0.15, 0.2) is 18.2 Å². The molecule has 18 heavy (non-hydrogen) atoms. The van der Waals surface area contributed by atoms with Gasteiger partial charge in [-0.3, -0.25) is 4.79 Å². The quantitative estimate of drug-likeness (QED) is 0.869. The maximum absolute atomic E-state index is 13.5. The van der Waals surface area contributed by atoms with Crippen molar-refractivity contribution in [2.45, 2.75) is 32.2 Å². The Morgan fingerprint density at radius 3 is 2.83 bits per heavy atom. The molecule has 1 fully saturated rings. The van der Waals surface area contributed by atoms with Crippen LogP contribution in [0.2, 0.25) is 0 Å². The van der Waals surface area contributed by atoms with E-state index in [9.17, 15) is 9.18 Å². The molecule has 2 rings (SSSR count). The SMILES string of the molecule is Cc1ccc(NC(=O)[C@@H]2CCCCN2)c(F)c1.Cl. The van der Waals surface area contributed by atoms with Gasteiger partial charge in [-0.1, -0.05) is 12.5 Å². The van der Waals surface area contributed by atoms with E-state index in [1.165, 1.54) is 6.07 Å². The van der Waals surface area contributed by atoms with Gasteiger partial charge in [0.25, 0.3) is 0 Å². The van der Waals surface area contributed by atoms with Crippen molar-refractivity contribution in [2.75, 3.05) is 11.9 Å². The van der Waals surface area contributed by atoms with Gasteiger partial charge < -0.3 is 10.6 Å². The van der Waals surface area contributed by atoms with Crippen LogP contribution in [0.1, 0.15) is 24.8 Å². The second kappa shape index (κ2) is 6.71. The van der Waals surface area contributed by atoms with Gasteiger partial charge in [-0.2, -0.15) is 0 Å². The number of carbonyl (C=O) groups is 1. The minimum Gasteiger partial charge on any atom is -0.322 e. The van der Waals surface area contributed by atoms with Gasteiger partial charge >= 0.3 is 0 Å². The number of hydrogen-bond donors (Lipinski definition) is 2. The number of hydrogen-bond acceptors (Lipinski definition) is 2. The van der Waals surface area contributed by atoms with Crippen LogP contribution in [-0.4, -0.2) is 18.5 Å². The maximum Gasteiger partial charge on any atom is 0.241 e. The van der Waals surface area contributed by atoms with Crippen LogP contribution in [0, 0.1) is 12.7 Å². The lowest BCUT2D eigenvalue weighted by Gasteiger charge is -2.22. The summed E-state index contributed by atoms with van der Waals surface area (Å²) < 4.78 is 13.5. The molecule has 1 amide bonds. The van der Waals surface area contributed by atoms with E-state index in [2.05, 4.69) is 10.6 Å². The number of piperidine rings is 1. The molecule has 0 aromatic heterocycles. The molecule has 3 nitrogen and oxygen atoms in total. The second-order valence-electron chi connectivity index (χ2n) is 4.48. The first-order chi connectivity index (χ1) is 8.16. The van der Waals surface area contributed by atoms with Crippen molar-refractivity contribution in [3.05, 3.63) is 29.6 Å². The van der Waals surface area contributed by atoms with Crippen LogP contribution in [0.4, 0.5) is 10.1 Å². The van der Waals surface area contributed by atoms with Crippen molar-refractivity contribution >= 4 is 24.0 Å². The van der Waals surface area contributed by atoms with Gasteiger partial charge in [-0.25, -0.2) is 4.39 Å². The maximum atomic E-state index is 13.5. The number of carbonyl (C=O) groups excluding carboxylic acids is 1. The monoisotopic (exact) mass is 272 g/mol. The summed E-state index contributed by atoms with van der Waals surface area (Å²) in [5.74, 6) is -0.526. The van der Waals surface area contributed by atoms with Crippen molar-refractivity contribution < 1.29 is 9.18 Å². The van der Waals surface area contributed by atoms with E-state index in [1.54, 1.807) is 12.1 Å². The summed E-state index contributed by atoms with van der Waals surface area (Å²) >= 11 is 0. The summed E-state index contributed by atoms with van der Waals surface area (Å²) in [6.45, 7) is 2.67. The van der Waals surface area contributed by atoms with Gasteiger partial charge in [0.2, 0.25) is 5.91 Å². The highest BCUT2D eigenvalue weighted by Gasteiger charge is 2.21. The van der Waals surface area contributed by atoms with Crippen molar-refractivity contribution in [2.24, 2.45) is 0 Å². The number of anilines is 1. The molecule has 0 aliphatic carbocycles. The van der Waals surface area contributed by atoms with Crippen molar-refractivity contribution in [1.82, 2.24) is 5.32 Å². The van der Waals surface area contributed by atoms with Crippen LogP contribution in [-0.2, 0) is 4.79 Å². The third kappa shape index (κ3) is 3.68. The molecular formula is C13H18ClFN2O. The first-order valence-electron chi connectivity index (χ1n) is 5.97. The molecule has 0 saturated carbocycles. The Morgan fingerprint density at radius 1 is 1.44 bits per heavy atom. The lowest BCUT2D eigenvalue weighted by molar-refractivity contribution is -0.118. The predicted molar refractivity (Wildman–Crippen MR) is 72.7 cm³/mol. The fraction of sp³-hybridized carbons (Fsp3) is 0.462. The summed E-state index contributed by atoms with van der Waals surface area (Å²) in [6.07, 6.45) is 2.96. The van der Waals surface area contributed by atoms with Crippen LogP contribution < -0.4 is 10.6 Å². The first-order valence-corrected chi connectivity index (χ1v) is 5.97. The van der Waals surface area contributed by atoms with E-state index in [0.717, 1.165) is 31.4 Å². The Labute approximate surface area is 113 Å². The number of aryl methyl sites for hydroxylation is 1. The van der Waals surface area contributed by atoms with E-state index in [4.69, 9.17) is 0 Å². The molecule has 100 valence electrons. The van der Waals surface area contributed by atoms with E-state index in [1.807, 2.05) is 6.92 Å². The summed E-state index contributed by atoms with van der Waals surface area (Å²) in [6, 6.07) is 4.62. The topological polar surface area (TPSA) is 41.1 Å². The zero-order valence-corrected chi connectivity index (χ0v) is 11.1. The third-order valence-electron chi connectivity index (χ3n) is 3.01. The Hall–Kier alpha value is -1.13. The van der Waals surface area contributed by atoms with Gasteiger partial charge in [-0.15, -0.1) is 12.4 Å². The van der Waals surface area contributed by atoms with E-state index in [-0.39, 0.29) is 35.9 Å². The molecule has 5 heteroatoms. The van der Waals surface area contributed by atoms with Gasteiger partial charge in [-0.05, 0) is 44.0 Å². The first kappa shape index (κ1) is 14.9. The molecule has 1 aromatic carbocycles. The Balaban J connectivity index is 0.00000162. The molecule has 1 saturated heterocycles. The summed E-state index contributed by atoms with van der Waals surface area (Å²) in [5, 5.41) is 5.77. The molecule has 2 N–H and O–H groups in total. The number of benzene rings is 1. The number of halogens is 2. The van der Waals surface area contributed by atoms with E-state index in [0.29, 0.717) is 0 Å². The Morgan fingerprint density at radius 2 is 2.22 bits per heavy atom. The highest BCUT2D eigenvalue weighted by atomic mass is 35.5. The van der Waals surface area contributed by atoms with Crippen LogP contribution in [0.5, 0.6) is 0 Å². The van der Waals surface area contributed by atoms with Gasteiger partial charge in [0, 0.05) is 0 Å². The highest BCUT2D eigenvalue weighted by molar-refractivity contribution is 5.95. The normalized spacial score (nSPS) is 18.9. The molecule has 0 unspecified atom stereocenters. The summed E-state index contributed by atoms with van der Waals surface area (Å²) in [4.78, 5) is 11.9. The zero-order valence-electron chi connectivity index (χ0n) is 10.3. The largest absolute Gasteiger partial charge is 0.322 e. The fourth-order valence-electron chi connectivity index (χ4n) is 2.02. The van der Waals surface area contributed by atoms with Gasteiger partial charge in [0.15, 0.2) is 0 Å². The van der Waals surface area contributed by atoms with Crippen LogP contribution in [0.25, 0.3) is 0 Å². The van der Waals surface area contributed by atoms with Gasteiger partial charge in [0.1, 0.15) is 5.82 Å².